The molecule has 13 heteroatoms. The number of hydrogen-bond donors (Lipinski definition) is 4. The maximum Gasteiger partial charge on any atom is 0.306 e. The fourth-order valence-electron chi connectivity index (χ4n) is 6.61. The van der Waals surface area contributed by atoms with Crippen molar-refractivity contribution >= 4 is 22.1 Å². The van der Waals surface area contributed by atoms with Crippen LogP contribution in [0, 0.1) is 0 Å². The van der Waals surface area contributed by atoms with Gasteiger partial charge in [-0.25, -0.2) is 0 Å². The zero-order valence-electron chi connectivity index (χ0n) is 36.8. The van der Waals surface area contributed by atoms with Crippen LogP contribution in [0.2, 0.25) is 0 Å². The molecule has 0 aromatic heterocycles. The average Bonchev–Trinajstić information content (AvgIpc) is 3.21. The third-order valence-electron chi connectivity index (χ3n) is 10.2. The Labute approximate surface area is 362 Å². The predicted molar refractivity (Wildman–Crippen MR) is 238 cm³/mol. The first-order valence-corrected chi connectivity index (χ1v) is 24.5. The predicted octanol–water partition coefficient (Wildman–Crippen LogP) is 9.34. The summed E-state index contributed by atoms with van der Waals surface area (Å²) in [6.45, 7) is 3.57. The first-order valence-electron chi connectivity index (χ1n) is 22.9. The van der Waals surface area contributed by atoms with Crippen molar-refractivity contribution < 1.29 is 56.8 Å². The van der Waals surface area contributed by atoms with Gasteiger partial charge in [-0.15, -0.1) is 0 Å². The highest BCUT2D eigenvalue weighted by Gasteiger charge is 2.46. The zero-order valence-corrected chi connectivity index (χ0v) is 37.6. The Balaban J connectivity index is 2.43. The molecule has 0 spiro atoms. The molecule has 0 aromatic carbocycles. The molecule has 0 aromatic rings. The van der Waals surface area contributed by atoms with Crippen molar-refractivity contribution in [3.63, 3.8) is 0 Å². The molecule has 346 valence electrons. The molecule has 0 radical (unpaired) electrons. The second-order valence-corrected chi connectivity index (χ2v) is 17.3. The number of aliphatic hydroxyl groups excluding tert-OH is 3. The van der Waals surface area contributed by atoms with Crippen molar-refractivity contribution in [3.05, 3.63) is 60.8 Å². The lowest BCUT2D eigenvalue weighted by molar-refractivity contribution is -0.297. The minimum absolute atomic E-state index is 0.138. The number of carbonyl (C=O) groups excluding carboxylic acids is 2. The van der Waals surface area contributed by atoms with Gasteiger partial charge in [0.25, 0.3) is 10.1 Å². The smallest absolute Gasteiger partial charge is 0.306 e. The van der Waals surface area contributed by atoms with Crippen molar-refractivity contribution in [2.75, 3.05) is 19.0 Å². The first-order chi connectivity index (χ1) is 29.0. The quantitative estimate of drug-likeness (QED) is 0.0201. The number of ether oxygens (including phenoxy) is 4. The Morgan fingerprint density at radius 3 is 1.57 bits per heavy atom. The van der Waals surface area contributed by atoms with Crippen LogP contribution >= 0.6 is 0 Å². The molecule has 0 amide bonds. The molecule has 1 aliphatic rings. The molecule has 60 heavy (non-hydrogen) atoms. The molecule has 6 atom stereocenters. The van der Waals surface area contributed by atoms with Crippen LogP contribution in [-0.2, 0) is 38.7 Å². The summed E-state index contributed by atoms with van der Waals surface area (Å²) in [6.07, 6.45) is 35.5. The van der Waals surface area contributed by atoms with Crippen LogP contribution in [0.5, 0.6) is 0 Å². The summed E-state index contributed by atoms with van der Waals surface area (Å²) >= 11 is 0. The van der Waals surface area contributed by atoms with E-state index in [0.717, 1.165) is 64.2 Å². The number of hydrogen-bond acceptors (Lipinski definition) is 11. The van der Waals surface area contributed by atoms with Crippen LogP contribution in [0.25, 0.3) is 0 Å². The van der Waals surface area contributed by atoms with Crippen LogP contribution in [-0.4, -0.2) is 96.0 Å². The fourth-order valence-corrected chi connectivity index (χ4v) is 7.30. The third kappa shape index (κ3) is 31.2. The van der Waals surface area contributed by atoms with E-state index in [1.165, 1.54) is 64.2 Å². The second kappa shape index (κ2) is 37.0. The molecule has 0 aliphatic carbocycles. The average molecular weight is 869 g/mol. The summed E-state index contributed by atoms with van der Waals surface area (Å²) in [5.41, 5.74) is 0. The fraction of sp³-hybridized carbons (Fsp3) is 0.745. The monoisotopic (exact) mass is 869 g/mol. The zero-order chi connectivity index (χ0) is 44.1. The van der Waals surface area contributed by atoms with E-state index in [-0.39, 0.29) is 19.4 Å². The van der Waals surface area contributed by atoms with E-state index in [2.05, 4.69) is 50.3 Å². The Morgan fingerprint density at radius 2 is 1.05 bits per heavy atom. The lowest BCUT2D eigenvalue weighted by atomic mass is 10.00. The van der Waals surface area contributed by atoms with E-state index in [0.29, 0.717) is 12.8 Å². The summed E-state index contributed by atoms with van der Waals surface area (Å²) in [7, 11) is -4.61. The number of aliphatic hydroxyl groups is 3. The first kappa shape index (κ1) is 55.4. The van der Waals surface area contributed by atoms with E-state index in [9.17, 15) is 37.9 Å². The highest BCUT2D eigenvalue weighted by Crippen LogP contribution is 2.24. The highest BCUT2D eigenvalue weighted by atomic mass is 32.2. The van der Waals surface area contributed by atoms with Gasteiger partial charge in [0.15, 0.2) is 12.4 Å². The summed E-state index contributed by atoms with van der Waals surface area (Å²) in [5.74, 6) is -2.02. The summed E-state index contributed by atoms with van der Waals surface area (Å²) < 4.78 is 54.0. The summed E-state index contributed by atoms with van der Waals surface area (Å²) in [4.78, 5) is 25.4. The molecule has 1 saturated heterocycles. The molecular weight excluding hydrogens is 789 g/mol. The van der Waals surface area contributed by atoms with Crippen molar-refractivity contribution in [1.82, 2.24) is 0 Å². The standard InChI is InChI=1S/C47H80O12S/c1-3-5-7-9-11-13-15-17-18-19-20-21-22-24-25-27-29-31-33-35-42(48)56-37-40(38-57-47-46(52)45(51)44(50)41(59-47)39-60(53,54)55)58-43(49)36-34-32-30-28-26-23-16-14-12-10-8-6-4-2/h6,8,10-17,40-41,44-47,50-52H,3-5,7,9,18-39H2,1-2H3,(H,53,54,55)/b8-6+,12-10+,13-11+,16-14+,17-15+/t40?,41-,44-,45?,46?,47+/m1/s1. The molecule has 1 heterocycles. The molecule has 0 saturated carbocycles. The molecule has 1 fully saturated rings. The highest BCUT2D eigenvalue weighted by molar-refractivity contribution is 7.85. The molecule has 4 N–H and O–H groups in total. The minimum atomic E-state index is -4.61. The van der Waals surface area contributed by atoms with Crippen LogP contribution < -0.4 is 0 Å². The number of rotatable bonds is 37. The normalized spacial score (nSPS) is 20.7. The van der Waals surface area contributed by atoms with Crippen molar-refractivity contribution in [2.24, 2.45) is 0 Å². The van der Waals surface area contributed by atoms with Crippen molar-refractivity contribution in [2.45, 2.75) is 205 Å². The molecule has 3 unspecified atom stereocenters. The van der Waals surface area contributed by atoms with Gasteiger partial charge in [0.2, 0.25) is 0 Å². The van der Waals surface area contributed by atoms with Gasteiger partial charge in [-0.1, -0.05) is 158 Å². The van der Waals surface area contributed by atoms with Crippen LogP contribution in [0.15, 0.2) is 60.8 Å². The lowest BCUT2D eigenvalue weighted by Crippen LogP contribution is -2.60. The molecule has 1 aliphatic heterocycles. The van der Waals surface area contributed by atoms with E-state index in [4.69, 9.17) is 18.9 Å². The summed E-state index contributed by atoms with van der Waals surface area (Å²) in [6, 6.07) is 0. The van der Waals surface area contributed by atoms with Gasteiger partial charge in [-0.3, -0.25) is 14.1 Å². The Kier molecular flexibility index (Phi) is 34.1. The summed E-state index contributed by atoms with van der Waals surface area (Å²) in [5, 5.41) is 30.9. The van der Waals surface area contributed by atoms with Crippen LogP contribution in [0.1, 0.15) is 168 Å². The number of carbonyl (C=O) groups is 2. The van der Waals surface area contributed by atoms with Gasteiger partial charge >= 0.3 is 11.9 Å². The second-order valence-electron chi connectivity index (χ2n) is 15.8. The lowest BCUT2D eigenvalue weighted by Gasteiger charge is -2.40. The minimum Gasteiger partial charge on any atom is -0.462 e. The molecular formula is C47H80O12S. The number of esters is 2. The largest absolute Gasteiger partial charge is 0.462 e. The van der Waals surface area contributed by atoms with E-state index < -0.39 is 71.2 Å². The Bertz CT molecular complexity index is 1340. The van der Waals surface area contributed by atoms with Gasteiger partial charge < -0.3 is 34.3 Å². The Hall–Kier alpha value is -2.65. The van der Waals surface area contributed by atoms with Crippen molar-refractivity contribution in [1.29, 1.82) is 0 Å². The molecule has 12 nitrogen and oxygen atoms in total. The van der Waals surface area contributed by atoms with E-state index >= 15 is 0 Å². The van der Waals surface area contributed by atoms with E-state index in [1.54, 1.807) is 0 Å². The molecule has 1 rings (SSSR count). The maximum absolute atomic E-state index is 12.8. The number of unbranched alkanes of at least 4 members (excludes halogenated alkanes) is 18. The van der Waals surface area contributed by atoms with E-state index in [1.807, 2.05) is 24.3 Å². The van der Waals surface area contributed by atoms with Gasteiger partial charge in [-0.2, -0.15) is 8.42 Å². The van der Waals surface area contributed by atoms with Gasteiger partial charge in [-0.05, 0) is 57.8 Å². The van der Waals surface area contributed by atoms with Crippen LogP contribution in [0.4, 0.5) is 0 Å². The third-order valence-corrected chi connectivity index (χ3v) is 10.9. The maximum atomic E-state index is 12.8. The van der Waals surface area contributed by atoms with Gasteiger partial charge in [0.05, 0.1) is 6.61 Å². The van der Waals surface area contributed by atoms with Crippen LogP contribution in [0.3, 0.4) is 0 Å². The topological polar surface area (TPSA) is 186 Å². The van der Waals surface area contributed by atoms with Gasteiger partial charge in [0, 0.05) is 12.8 Å². The number of allylic oxidation sites excluding steroid dienone is 10. The van der Waals surface area contributed by atoms with Gasteiger partial charge in [0.1, 0.15) is 36.8 Å². The SMILES string of the molecule is CC/C=C/C=C/C=C/CCCCCCCC(=O)OC(COC(=O)CCCCCCCCCCCC/C=C/C=C/CCCCC)CO[C@H]1O[C@H](CS(=O)(=O)O)[C@@H](O)C(O)C1O. The Morgan fingerprint density at radius 1 is 0.583 bits per heavy atom. The van der Waals surface area contributed by atoms with Crippen molar-refractivity contribution in [3.8, 4) is 0 Å². The molecule has 0 bridgehead atoms.